The molecule has 0 saturated carbocycles. The molecule has 2 atom stereocenters. The number of hydrogen-bond donors (Lipinski definition) is 1. The summed E-state index contributed by atoms with van der Waals surface area (Å²) in [5.41, 5.74) is 3.25. The lowest BCUT2D eigenvalue weighted by Crippen LogP contribution is -2.28. The number of alkyl halides is 1. The summed E-state index contributed by atoms with van der Waals surface area (Å²) in [6.07, 6.45) is 7.21. The van der Waals surface area contributed by atoms with Crippen LogP contribution < -0.4 is 19.7 Å². The van der Waals surface area contributed by atoms with Crippen molar-refractivity contribution in [3.05, 3.63) is 83.4 Å². The van der Waals surface area contributed by atoms with E-state index in [9.17, 15) is 9.18 Å². The van der Waals surface area contributed by atoms with E-state index in [1.807, 2.05) is 46.5 Å². The third kappa shape index (κ3) is 4.28. The largest absolute Gasteiger partial charge is 0.423 e. The lowest BCUT2D eigenvalue weighted by atomic mass is 10.1. The summed E-state index contributed by atoms with van der Waals surface area (Å²) in [4.78, 5) is 24.0. The maximum Gasteiger partial charge on any atom is 0.404 e. The zero-order valence-electron chi connectivity index (χ0n) is 19.6. The number of para-hydroxylation sites is 1. The van der Waals surface area contributed by atoms with Gasteiger partial charge in [-0.2, -0.15) is 4.39 Å². The number of nitrogens with one attached hydrogen (secondary N) is 1. The first-order valence-corrected chi connectivity index (χ1v) is 12.6. The van der Waals surface area contributed by atoms with E-state index in [0.29, 0.717) is 28.9 Å². The van der Waals surface area contributed by atoms with Crippen molar-refractivity contribution in [2.45, 2.75) is 38.4 Å². The van der Waals surface area contributed by atoms with Crippen molar-refractivity contribution in [2.24, 2.45) is 0 Å². The fourth-order valence-electron chi connectivity index (χ4n) is 4.78. The minimum atomic E-state index is -2.18. The Balaban J connectivity index is 1.19. The number of benzene rings is 1. The Labute approximate surface area is 211 Å². The summed E-state index contributed by atoms with van der Waals surface area (Å²) in [6, 6.07) is 10.8. The van der Waals surface area contributed by atoms with Crippen molar-refractivity contribution in [3.8, 4) is 11.5 Å². The molecule has 0 radical (unpaired) electrons. The van der Waals surface area contributed by atoms with E-state index in [-0.39, 0.29) is 11.9 Å². The molecule has 2 unspecified atom stereocenters. The molecule has 5 heterocycles. The molecule has 1 fully saturated rings. The standard InChI is InChI=1S/C26H24FN5O3S/c1-26(27)34-22-8-2-5-20(23(22)35-26)32-14-4-6-19(32)18-16-36-25(29-18)30-24(33)21-7-3-13-31(21)15-17-9-11-28-12-10-17/h2-3,5,7-13,16,19H,4,6,14-15H2,1H3,(H,29,30,33). The average Bonchev–Trinajstić information content (AvgIpc) is 3.64. The summed E-state index contributed by atoms with van der Waals surface area (Å²) in [5, 5.41) is 5.45. The second kappa shape index (κ2) is 8.94. The Kier molecular flexibility index (Phi) is 5.60. The number of halogens is 1. The molecule has 1 aromatic carbocycles. The minimum Gasteiger partial charge on any atom is -0.423 e. The molecule has 0 spiro atoms. The number of fused-ring (bicyclic) bond motifs is 1. The Morgan fingerprint density at radius 2 is 2.08 bits per heavy atom. The Hall–Kier alpha value is -3.92. The van der Waals surface area contributed by atoms with Crippen molar-refractivity contribution < 1.29 is 18.7 Å². The number of anilines is 2. The van der Waals surface area contributed by atoms with Crippen LogP contribution in [0.3, 0.4) is 0 Å². The van der Waals surface area contributed by atoms with Gasteiger partial charge >= 0.3 is 6.04 Å². The van der Waals surface area contributed by atoms with Crippen LogP contribution in [0.2, 0.25) is 0 Å². The molecule has 0 aliphatic carbocycles. The number of nitrogens with zero attached hydrogens (tertiary/aromatic N) is 4. The van der Waals surface area contributed by atoms with Crippen LogP contribution >= 0.6 is 11.3 Å². The first-order chi connectivity index (χ1) is 17.5. The number of carbonyl (C=O) groups excluding carboxylic acids is 1. The van der Waals surface area contributed by atoms with Crippen molar-refractivity contribution in [2.75, 3.05) is 16.8 Å². The molecule has 36 heavy (non-hydrogen) atoms. The highest BCUT2D eigenvalue weighted by molar-refractivity contribution is 7.14. The van der Waals surface area contributed by atoms with Gasteiger partial charge in [0.15, 0.2) is 16.6 Å². The summed E-state index contributed by atoms with van der Waals surface area (Å²) >= 11 is 1.39. The van der Waals surface area contributed by atoms with Crippen LogP contribution in [-0.2, 0) is 6.54 Å². The van der Waals surface area contributed by atoms with Crippen molar-refractivity contribution >= 4 is 28.1 Å². The molecule has 0 bridgehead atoms. The van der Waals surface area contributed by atoms with Gasteiger partial charge in [0, 0.05) is 44.0 Å². The van der Waals surface area contributed by atoms with Crippen LogP contribution in [0.15, 0.2) is 66.4 Å². The van der Waals surface area contributed by atoms with Gasteiger partial charge in [0.25, 0.3) is 5.91 Å². The molecule has 10 heteroatoms. The molecule has 184 valence electrons. The van der Waals surface area contributed by atoms with Crippen molar-refractivity contribution in [3.63, 3.8) is 0 Å². The van der Waals surface area contributed by atoms with Gasteiger partial charge < -0.3 is 18.9 Å². The third-order valence-electron chi connectivity index (χ3n) is 6.35. The SMILES string of the molecule is CC1(F)Oc2cccc(N3CCCC3c3csc(NC(=O)c4cccn4Cc4ccncc4)n3)c2O1. The molecule has 8 nitrogen and oxygen atoms in total. The van der Waals surface area contributed by atoms with Gasteiger partial charge in [-0.05, 0) is 54.8 Å². The molecule has 2 aliphatic heterocycles. The predicted molar refractivity (Wildman–Crippen MR) is 134 cm³/mol. The average molecular weight is 506 g/mol. The fraction of sp³-hybridized carbons (Fsp3) is 0.269. The lowest BCUT2D eigenvalue weighted by Gasteiger charge is -2.26. The lowest BCUT2D eigenvalue weighted by molar-refractivity contribution is -0.173. The van der Waals surface area contributed by atoms with E-state index >= 15 is 0 Å². The predicted octanol–water partition coefficient (Wildman–Crippen LogP) is 5.40. The first-order valence-electron chi connectivity index (χ1n) is 11.7. The van der Waals surface area contributed by atoms with Gasteiger partial charge in [0.2, 0.25) is 0 Å². The number of carbonyl (C=O) groups is 1. The van der Waals surface area contributed by atoms with Gasteiger partial charge in [-0.15, -0.1) is 11.3 Å². The second-order valence-corrected chi connectivity index (χ2v) is 9.76. The van der Waals surface area contributed by atoms with Gasteiger partial charge in [-0.25, -0.2) is 4.98 Å². The van der Waals surface area contributed by atoms with Gasteiger partial charge in [-0.3, -0.25) is 15.1 Å². The van der Waals surface area contributed by atoms with Crippen LogP contribution in [0.1, 0.15) is 47.6 Å². The number of amides is 1. The van der Waals surface area contributed by atoms with Gasteiger partial charge in [0.1, 0.15) is 5.69 Å². The normalized spacial score (nSPS) is 20.6. The van der Waals surface area contributed by atoms with E-state index in [1.54, 1.807) is 24.5 Å². The number of ether oxygens (including phenoxy) is 2. The molecular formula is C26H24FN5O3S. The van der Waals surface area contributed by atoms with Crippen LogP contribution in [-0.4, -0.2) is 33.0 Å². The molecule has 1 saturated heterocycles. The zero-order valence-corrected chi connectivity index (χ0v) is 20.4. The van der Waals surface area contributed by atoms with Crippen LogP contribution in [0.25, 0.3) is 0 Å². The van der Waals surface area contributed by atoms with Gasteiger partial charge in [0.05, 0.1) is 17.4 Å². The van der Waals surface area contributed by atoms with E-state index in [4.69, 9.17) is 14.5 Å². The second-order valence-electron chi connectivity index (χ2n) is 8.90. The Morgan fingerprint density at radius 3 is 2.94 bits per heavy atom. The first kappa shape index (κ1) is 22.5. The Bertz CT molecular complexity index is 1400. The fourth-order valence-corrected chi connectivity index (χ4v) is 5.53. The van der Waals surface area contributed by atoms with Gasteiger partial charge in [-0.1, -0.05) is 6.07 Å². The number of aromatic nitrogens is 3. The maximum atomic E-state index is 14.4. The highest BCUT2D eigenvalue weighted by Crippen LogP contribution is 2.50. The van der Waals surface area contributed by atoms with Crippen LogP contribution in [0.4, 0.5) is 15.2 Å². The smallest absolute Gasteiger partial charge is 0.404 e. The molecule has 3 aromatic heterocycles. The third-order valence-corrected chi connectivity index (χ3v) is 7.12. The van der Waals surface area contributed by atoms with E-state index in [2.05, 4.69) is 15.2 Å². The highest BCUT2D eigenvalue weighted by Gasteiger charge is 2.41. The molecule has 2 aliphatic rings. The quantitative estimate of drug-likeness (QED) is 0.378. The number of hydrogen-bond acceptors (Lipinski definition) is 7. The summed E-state index contributed by atoms with van der Waals surface area (Å²) in [6.45, 7) is 2.61. The minimum absolute atomic E-state index is 0.0102. The molecule has 1 amide bonds. The summed E-state index contributed by atoms with van der Waals surface area (Å²) in [7, 11) is 0. The summed E-state index contributed by atoms with van der Waals surface area (Å²) < 4.78 is 27.0. The highest BCUT2D eigenvalue weighted by atomic mass is 32.1. The van der Waals surface area contributed by atoms with E-state index < -0.39 is 6.04 Å². The molecule has 6 rings (SSSR count). The molecular weight excluding hydrogens is 481 g/mol. The molecule has 4 aromatic rings. The van der Waals surface area contributed by atoms with Crippen LogP contribution in [0, 0.1) is 0 Å². The van der Waals surface area contributed by atoms with Crippen molar-refractivity contribution in [1.29, 1.82) is 0 Å². The molecule has 1 N–H and O–H groups in total. The van der Waals surface area contributed by atoms with E-state index in [1.165, 1.54) is 18.3 Å². The summed E-state index contributed by atoms with van der Waals surface area (Å²) in [5.74, 6) is 0.587. The van der Waals surface area contributed by atoms with Crippen LogP contribution in [0.5, 0.6) is 11.5 Å². The number of pyridine rings is 1. The zero-order chi connectivity index (χ0) is 24.7. The maximum absolute atomic E-state index is 14.4. The number of rotatable bonds is 6. The monoisotopic (exact) mass is 505 g/mol. The Morgan fingerprint density at radius 1 is 1.22 bits per heavy atom. The number of thiazole rings is 1. The topological polar surface area (TPSA) is 81.5 Å². The van der Waals surface area contributed by atoms with Crippen molar-refractivity contribution in [1.82, 2.24) is 14.5 Å². The van der Waals surface area contributed by atoms with E-state index in [0.717, 1.165) is 36.3 Å².